The Labute approximate surface area is 211 Å². The van der Waals surface area contributed by atoms with Gasteiger partial charge < -0.3 is 14.6 Å². The van der Waals surface area contributed by atoms with E-state index in [-0.39, 0.29) is 11.2 Å². The lowest BCUT2D eigenvalue weighted by Gasteiger charge is -2.25. The molecule has 4 nitrogen and oxygen atoms in total. The molecule has 1 N–H and O–H groups in total. The van der Waals surface area contributed by atoms with E-state index in [0.717, 1.165) is 47.1 Å². The van der Waals surface area contributed by atoms with E-state index in [1.54, 1.807) is 19.2 Å². The van der Waals surface area contributed by atoms with Gasteiger partial charge >= 0.3 is 5.97 Å². The zero-order valence-electron chi connectivity index (χ0n) is 20.9. The predicted octanol–water partition coefficient (Wildman–Crippen LogP) is 7.40. The number of aliphatic carboxylic acids is 1. The van der Waals surface area contributed by atoms with Crippen LogP contribution < -0.4 is 9.47 Å². The Hall–Kier alpha value is -3.60. The second-order valence-electron chi connectivity index (χ2n) is 10.3. The van der Waals surface area contributed by atoms with Gasteiger partial charge in [-0.2, -0.15) is 0 Å². The summed E-state index contributed by atoms with van der Waals surface area (Å²) in [7, 11) is 1.58. The smallest absolute Gasteiger partial charge is 0.310 e. The first-order valence-electron chi connectivity index (χ1n) is 12.4. The fourth-order valence-corrected chi connectivity index (χ4v) is 5.53. The third-order valence-electron chi connectivity index (χ3n) is 7.58. The summed E-state index contributed by atoms with van der Waals surface area (Å²) in [6.45, 7) is 4.78. The summed E-state index contributed by atoms with van der Waals surface area (Å²) in [5, 5.41) is 9.53. The van der Waals surface area contributed by atoms with Crippen LogP contribution in [0.15, 0.2) is 60.7 Å². The number of hydrogen-bond acceptors (Lipinski definition) is 3. The summed E-state index contributed by atoms with van der Waals surface area (Å²) in [6.07, 6.45) is 5.70. The van der Waals surface area contributed by atoms with E-state index in [0.29, 0.717) is 30.1 Å². The molecule has 0 amide bonds. The molecule has 36 heavy (non-hydrogen) atoms. The molecule has 3 aromatic carbocycles. The molecule has 3 aromatic rings. The summed E-state index contributed by atoms with van der Waals surface area (Å²) in [5.41, 5.74) is 6.44. The maximum absolute atomic E-state index is 15.0. The van der Waals surface area contributed by atoms with Crippen molar-refractivity contribution >= 4 is 11.5 Å². The lowest BCUT2D eigenvalue weighted by atomic mass is 9.79. The molecule has 186 valence electrons. The van der Waals surface area contributed by atoms with Crippen LogP contribution in [0, 0.1) is 11.2 Å². The van der Waals surface area contributed by atoms with Gasteiger partial charge in [-0.3, -0.25) is 4.79 Å². The van der Waals surface area contributed by atoms with Crippen LogP contribution in [0.25, 0.3) is 16.7 Å². The Morgan fingerprint density at radius 2 is 1.83 bits per heavy atom. The predicted molar refractivity (Wildman–Crippen MR) is 139 cm³/mol. The molecule has 0 bridgehead atoms. The molecule has 2 aliphatic carbocycles. The molecule has 0 heterocycles. The first kappa shape index (κ1) is 24.1. The zero-order valence-corrected chi connectivity index (χ0v) is 20.9. The van der Waals surface area contributed by atoms with Gasteiger partial charge in [0.05, 0.1) is 13.0 Å². The molecule has 0 saturated carbocycles. The molecule has 1 atom stereocenters. The number of allylic oxidation sites excluding steroid dienone is 2. The average molecular weight is 487 g/mol. The van der Waals surface area contributed by atoms with Gasteiger partial charge in [-0.25, -0.2) is 4.39 Å². The van der Waals surface area contributed by atoms with Gasteiger partial charge in [0.25, 0.3) is 0 Å². The van der Waals surface area contributed by atoms with E-state index in [2.05, 4.69) is 26.0 Å². The highest BCUT2D eigenvalue weighted by molar-refractivity contribution is 5.85. The SMILES string of the molecule is COc1ccc(F)c(-c2ccc(COc3ccc4c(c3)C(C(=O)O)CC4)cc2C2=CCCC2(C)C)c1. The van der Waals surface area contributed by atoms with Gasteiger partial charge in [0, 0.05) is 5.56 Å². The minimum absolute atomic E-state index is 0.0185. The van der Waals surface area contributed by atoms with Crippen LogP contribution in [-0.2, 0) is 17.8 Å². The van der Waals surface area contributed by atoms with E-state index in [1.165, 1.54) is 11.6 Å². The first-order chi connectivity index (χ1) is 17.3. The fraction of sp³-hybridized carbons (Fsp3) is 0.323. The molecular weight excluding hydrogens is 455 g/mol. The number of methoxy groups -OCH3 is 1. The van der Waals surface area contributed by atoms with Gasteiger partial charge in [0.15, 0.2) is 0 Å². The molecule has 0 aliphatic heterocycles. The number of carboxylic acid groups (broad SMARTS) is 1. The highest BCUT2D eigenvalue weighted by atomic mass is 19.1. The van der Waals surface area contributed by atoms with Crippen molar-refractivity contribution in [3.63, 3.8) is 0 Å². The normalized spacial score (nSPS) is 18.0. The minimum Gasteiger partial charge on any atom is -0.497 e. The maximum Gasteiger partial charge on any atom is 0.310 e. The molecule has 0 fully saturated rings. The van der Waals surface area contributed by atoms with E-state index < -0.39 is 11.9 Å². The molecule has 5 rings (SSSR count). The van der Waals surface area contributed by atoms with Crippen LogP contribution in [0.3, 0.4) is 0 Å². The van der Waals surface area contributed by atoms with Gasteiger partial charge in [0.1, 0.15) is 23.9 Å². The first-order valence-corrected chi connectivity index (χ1v) is 12.4. The van der Waals surface area contributed by atoms with Crippen molar-refractivity contribution < 1.29 is 23.8 Å². The number of halogens is 1. The number of rotatable bonds is 7. The molecule has 5 heteroatoms. The van der Waals surface area contributed by atoms with Crippen molar-refractivity contribution in [3.05, 3.63) is 88.7 Å². The third-order valence-corrected chi connectivity index (χ3v) is 7.58. The van der Waals surface area contributed by atoms with Gasteiger partial charge in [-0.1, -0.05) is 38.1 Å². The van der Waals surface area contributed by atoms with Crippen molar-refractivity contribution in [3.8, 4) is 22.6 Å². The largest absolute Gasteiger partial charge is 0.497 e. The van der Waals surface area contributed by atoms with Crippen molar-refractivity contribution in [1.82, 2.24) is 0 Å². The Bertz CT molecular complexity index is 1350. The van der Waals surface area contributed by atoms with Crippen molar-refractivity contribution in [2.45, 2.75) is 52.1 Å². The molecule has 0 spiro atoms. The third kappa shape index (κ3) is 4.50. The lowest BCUT2D eigenvalue weighted by molar-refractivity contribution is -0.138. The highest BCUT2D eigenvalue weighted by Crippen LogP contribution is 2.47. The Kier molecular flexibility index (Phi) is 6.33. The summed E-state index contributed by atoms with van der Waals surface area (Å²) in [5.74, 6) is -0.275. The minimum atomic E-state index is -0.789. The summed E-state index contributed by atoms with van der Waals surface area (Å²) >= 11 is 0. The monoisotopic (exact) mass is 486 g/mol. The zero-order chi connectivity index (χ0) is 25.4. The standard InChI is InChI=1S/C31H31FO4/c1-31(2)14-4-5-28(31)26-15-19(6-11-23(26)27-16-21(35-3)10-13-29(27)32)18-36-22-9-7-20-8-12-24(30(33)34)25(20)17-22/h5-7,9-11,13,15-17,24H,4,8,12,14,18H2,1-3H3,(H,33,34). The van der Waals surface area contributed by atoms with Crippen LogP contribution in [0.4, 0.5) is 4.39 Å². The lowest BCUT2D eigenvalue weighted by Crippen LogP contribution is -2.10. The van der Waals surface area contributed by atoms with Crippen molar-refractivity contribution in [2.24, 2.45) is 5.41 Å². The van der Waals surface area contributed by atoms with E-state index in [4.69, 9.17) is 9.47 Å². The average Bonchev–Trinajstić information content (AvgIpc) is 3.45. The molecular formula is C31H31FO4. The number of fused-ring (bicyclic) bond motifs is 1. The molecule has 0 radical (unpaired) electrons. The highest BCUT2D eigenvalue weighted by Gasteiger charge is 2.31. The molecule has 0 aromatic heterocycles. The van der Waals surface area contributed by atoms with E-state index in [9.17, 15) is 14.3 Å². The molecule has 1 unspecified atom stereocenters. The van der Waals surface area contributed by atoms with Gasteiger partial charge in [0.2, 0.25) is 0 Å². The fourth-order valence-electron chi connectivity index (χ4n) is 5.53. The van der Waals surface area contributed by atoms with Crippen LogP contribution in [0.1, 0.15) is 61.3 Å². The van der Waals surface area contributed by atoms with Crippen LogP contribution in [0.2, 0.25) is 0 Å². The number of ether oxygens (including phenoxy) is 2. The number of carbonyl (C=O) groups is 1. The second kappa shape index (κ2) is 9.45. The summed E-state index contributed by atoms with van der Waals surface area (Å²) < 4.78 is 26.5. The van der Waals surface area contributed by atoms with E-state index >= 15 is 0 Å². The van der Waals surface area contributed by atoms with Gasteiger partial charge in [-0.05, 0) is 101 Å². The summed E-state index contributed by atoms with van der Waals surface area (Å²) in [6, 6.07) is 16.6. The van der Waals surface area contributed by atoms with Crippen LogP contribution in [-0.4, -0.2) is 18.2 Å². The van der Waals surface area contributed by atoms with Crippen molar-refractivity contribution in [2.75, 3.05) is 7.11 Å². The van der Waals surface area contributed by atoms with Gasteiger partial charge in [-0.15, -0.1) is 0 Å². The molecule has 0 saturated heterocycles. The van der Waals surface area contributed by atoms with Crippen LogP contribution >= 0.6 is 0 Å². The Morgan fingerprint density at radius 1 is 1.03 bits per heavy atom. The van der Waals surface area contributed by atoms with Crippen LogP contribution in [0.5, 0.6) is 11.5 Å². The summed E-state index contributed by atoms with van der Waals surface area (Å²) in [4.78, 5) is 11.6. The Morgan fingerprint density at radius 3 is 2.56 bits per heavy atom. The Balaban J connectivity index is 1.48. The second-order valence-corrected chi connectivity index (χ2v) is 10.3. The number of carboxylic acids is 1. The number of hydrogen-bond donors (Lipinski definition) is 1. The van der Waals surface area contributed by atoms with Crippen molar-refractivity contribution in [1.29, 1.82) is 0 Å². The number of aryl methyl sites for hydroxylation is 1. The number of benzene rings is 3. The van der Waals surface area contributed by atoms with E-state index in [1.807, 2.05) is 30.3 Å². The maximum atomic E-state index is 15.0. The topological polar surface area (TPSA) is 55.8 Å². The quantitative estimate of drug-likeness (QED) is 0.378. The molecule has 2 aliphatic rings.